The summed E-state index contributed by atoms with van der Waals surface area (Å²) < 4.78 is 4.18. The second-order valence-corrected chi connectivity index (χ2v) is 7.35. The molecule has 0 aliphatic rings. The Bertz CT molecular complexity index is 199. The predicted octanol–water partition coefficient (Wildman–Crippen LogP) is -0.352. The fraction of sp³-hybridized carbons (Fsp3) is 1.00. The SMILES string of the molecule is CNP(O)(=S)OP(O)(O)=S. The van der Waals surface area contributed by atoms with E-state index >= 15 is 0 Å². The van der Waals surface area contributed by atoms with Crippen molar-refractivity contribution in [2.45, 2.75) is 0 Å². The molecule has 5 nitrogen and oxygen atoms in total. The first-order valence-electron chi connectivity index (χ1n) is 2.05. The molecule has 0 saturated carbocycles. The molecule has 0 heterocycles. The average Bonchev–Trinajstić information content (AvgIpc) is 1.60. The minimum atomic E-state index is -3.84. The smallest absolute Gasteiger partial charge is 0.328 e. The molecule has 1 atom stereocenters. The van der Waals surface area contributed by atoms with Gasteiger partial charge in [0.1, 0.15) is 0 Å². The predicted molar refractivity (Wildman–Crippen MR) is 45.4 cm³/mol. The van der Waals surface area contributed by atoms with Crippen LogP contribution in [0, 0.1) is 0 Å². The van der Waals surface area contributed by atoms with Gasteiger partial charge in [-0.05, 0) is 30.7 Å². The number of nitrogens with one attached hydrogen (secondary N) is 1. The number of hydrogen-bond acceptors (Lipinski definition) is 3. The third-order valence-corrected chi connectivity index (χ3v) is 4.55. The van der Waals surface area contributed by atoms with Crippen molar-refractivity contribution in [2.24, 2.45) is 0 Å². The fourth-order valence-corrected chi connectivity index (χ4v) is 3.75. The lowest BCUT2D eigenvalue weighted by Crippen LogP contribution is -2.03. The first-order valence-corrected chi connectivity index (χ1v) is 7.35. The van der Waals surface area contributed by atoms with Gasteiger partial charge in [0.05, 0.1) is 0 Å². The maximum Gasteiger partial charge on any atom is 0.328 e. The van der Waals surface area contributed by atoms with Gasteiger partial charge in [0.15, 0.2) is 0 Å². The summed E-state index contributed by atoms with van der Waals surface area (Å²) in [5.41, 5.74) is 0. The Morgan fingerprint density at radius 1 is 1.30 bits per heavy atom. The van der Waals surface area contributed by atoms with E-state index in [1.807, 2.05) is 0 Å². The fourth-order valence-electron chi connectivity index (χ4n) is 0.185. The maximum absolute atomic E-state index is 8.89. The molecule has 0 rings (SSSR count). The van der Waals surface area contributed by atoms with E-state index in [4.69, 9.17) is 14.7 Å². The lowest BCUT2D eigenvalue weighted by atomic mass is 11.6. The molecule has 0 radical (unpaired) electrons. The van der Waals surface area contributed by atoms with E-state index in [1.54, 1.807) is 0 Å². The van der Waals surface area contributed by atoms with Gasteiger partial charge in [-0.15, -0.1) is 0 Å². The highest BCUT2D eigenvalue weighted by molar-refractivity contribution is 8.14. The molecular formula is CH7NO4P2S2. The zero-order chi connectivity index (χ0) is 8.41. The van der Waals surface area contributed by atoms with Gasteiger partial charge in [0.25, 0.3) is 6.64 Å². The van der Waals surface area contributed by atoms with Gasteiger partial charge in [-0.2, -0.15) is 0 Å². The largest absolute Gasteiger partial charge is 0.333 e. The van der Waals surface area contributed by atoms with Crippen LogP contribution in [0.3, 0.4) is 0 Å². The van der Waals surface area contributed by atoms with Gasteiger partial charge in [-0.3, -0.25) is 0 Å². The van der Waals surface area contributed by atoms with Gasteiger partial charge in [-0.1, -0.05) is 0 Å². The highest BCUT2D eigenvalue weighted by atomic mass is 32.5. The van der Waals surface area contributed by atoms with E-state index in [0.29, 0.717) is 0 Å². The summed E-state index contributed by atoms with van der Waals surface area (Å²) in [6.07, 6.45) is 0. The summed E-state index contributed by atoms with van der Waals surface area (Å²) in [6.45, 7) is -7.10. The van der Waals surface area contributed by atoms with E-state index in [1.165, 1.54) is 7.05 Å². The van der Waals surface area contributed by atoms with Crippen molar-refractivity contribution in [3.05, 3.63) is 0 Å². The molecule has 62 valence electrons. The molecule has 0 bridgehead atoms. The molecule has 0 aromatic rings. The van der Waals surface area contributed by atoms with E-state index in [2.05, 4.69) is 33.0 Å². The van der Waals surface area contributed by atoms with Crippen LogP contribution in [0.5, 0.6) is 0 Å². The molecule has 10 heavy (non-hydrogen) atoms. The molecule has 4 N–H and O–H groups in total. The van der Waals surface area contributed by atoms with Crippen molar-refractivity contribution in [1.29, 1.82) is 0 Å². The van der Waals surface area contributed by atoms with Crippen molar-refractivity contribution in [3.8, 4) is 0 Å². The Balaban J connectivity index is 4.17. The second kappa shape index (κ2) is 3.67. The summed E-state index contributed by atoms with van der Waals surface area (Å²) in [6, 6.07) is 0. The molecule has 0 amide bonds. The monoisotopic (exact) mass is 223 g/mol. The van der Waals surface area contributed by atoms with Gasteiger partial charge in [0.2, 0.25) is 0 Å². The Morgan fingerprint density at radius 2 is 1.70 bits per heavy atom. The molecule has 0 aliphatic heterocycles. The zero-order valence-electron chi connectivity index (χ0n) is 4.96. The normalized spacial score (nSPS) is 18.4. The summed E-state index contributed by atoms with van der Waals surface area (Å²) in [5.74, 6) is 0. The van der Waals surface area contributed by atoms with Crippen LogP contribution in [0.15, 0.2) is 0 Å². The molecular weight excluding hydrogens is 216 g/mol. The number of hydrogen-bond donors (Lipinski definition) is 4. The lowest BCUT2D eigenvalue weighted by Gasteiger charge is -2.16. The van der Waals surface area contributed by atoms with Gasteiger partial charge in [-0.25, -0.2) is 9.40 Å². The van der Waals surface area contributed by atoms with Crippen LogP contribution in [-0.2, 0) is 27.9 Å². The highest BCUT2D eigenvalue weighted by Crippen LogP contribution is 2.54. The summed E-state index contributed by atoms with van der Waals surface area (Å²) in [4.78, 5) is 25.9. The van der Waals surface area contributed by atoms with Gasteiger partial charge < -0.3 is 14.7 Å². The van der Waals surface area contributed by atoms with Crippen LogP contribution in [0.1, 0.15) is 0 Å². The van der Waals surface area contributed by atoms with E-state index in [-0.39, 0.29) is 0 Å². The van der Waals surface area contributed by atoms with Crippen LogP contribution >= 0.6 is 13.4 Å². The van der Waals surface area contributed by atoms with Crippen LogP contribution < -0.4 is 5.09 Å². The Morgan fingerprint density at radius 3 is 1.80 bits per heavy atom. The van der Waals surface area contributed by atoms with E-state index in [9.17, 15) is 0 Å². The van der Waals surface area contributed by atoms with Crippen molar-refractivity contribution in [2.75, 3.05) is 7.05 Å². The quantitative estimate of drug-likeness (QED) is 0.487. The van der Waals surface area contributed by atoms with E-state index in [0.717, 1.165) is 0 Å². The molecule has 1 unspecified atom stereocenters. The molecule has 0 spiro atoms. The standard InChI is InChI=1S/CH7NO4P2S2/c1-2-7(3,9)6-8(4,5)10/h1H3,(H2,2,3,9)(H2,4,5,10). The molecule has 0 aliphatic carbocycles. The topological polar surface area (TPSA) is 82.0 Å². The molecule has 0 fully saturated rings. The van der Waals surface area contributed by atoms with Crippen molar-refractivity contribution < 1.29 is 19.0 Å². The van der Waals surface area contributed by atoms with Crippen LogP contribution in [0.4, 0.5) is 0 Å². The van der Waals surface area contributed by atoms with Gasteiger partial charge >= 0.3 is 6.72 Å². The molecule has 0 aromatic carbocycles. The minimum Gasteiger partial charge on any atom is -0.333 e. The maximum atomic E-state index is 8.89. The number of rotatable bonds is 3. The highest BCUT2D eigenvalue weighted by Gasteiger charge is 2.20. The summed E-state index contributed by atoms with van der Waals surface area (Å²) in [5, 5.41) is 2.20. The lowest BCUT2D eigenvalue weighted by molar-refractivity contribution is 0.359. The van der Waals surface area contributed by atoms with Crippen molar-refractivity contribution >= 4 is 37.0 Å². The van der Waals surface area contributed by atoms with Gasteiger partial charge in [0, 0.05) is 0 Å². The third kappa shape index (κ3) is 5.85. The van der Waals surface area contributed by atoms with Crippen molar-refractivity contribution in [3.63, 3.8) is 0 Å². The Labute approximate surface area is 68.5 Å². The zero-order valence-corrected chi connectivity index (χ0v) is 8.38. The Kier molecular flexibility index (Phi) is 4.07. The molecule has 0 saturated heterocycles. The first-order chi connectivity index (χ1) is 4.27. The minimum absolute atomic E-state index is 1.34. The summed E-state index contributed by atoms with van der Waals surface area (Å²) >= 11 is 8.43. The van der Waals surface area contributed by atoms with E-state index < -0.39 is 13.4 Å². The third-order valence-electron chi connectivity index (χ3n) is 0.500. The van der Waals surface area contributed by atoms with Crippen LogP contribution in [0.25, 0.3) is 0 Å². The second-order valence-electron chi connectivity index (χ2n) is 1.32. The summed E-state index contributed by atoms with van der Waals surface area (Å²) in [7, 11) is 1.34. The van der Waals surface area contributed by atoms with Crippen LogP contribution in [-0.4, -0.2) is 21.7 Å². The average molecular weight is 223 g/mol. The first kappa shape index (κ1) is 11.1. The van der Waals surface area contributed by atoms with Crippen molar-refractivity contribution in [1.82, 2.24) is 5.09 Å². The molecule has 9 heteroatoms. The Hall–Kier alpha value is 1.10. The molecule has 0 aromatic heterocycles. The van der Waals surface area contributed by atoms with Crippen LogP contribution in [0.2, 0.25) is 0 Å².